The first-order valence-electron chi connectivity index (χ1n) is 12.2. The molecule has 0 bridgehead atoms. The molecular formula is C29H26Br2O5. The van der Waals surface area contributed by atoms with Gasteiger partial charge in [0, 0.05) is 25.6 Å². The summed E-state index contributed by atoms with van der Waals surface area (Å²) in [5.41, 5.74) is 1.65. The summed E-state index contributed by atoms with van der Waals surface area (Å²) in [6.07, 6.45) is 4.22. The van der Waals surface area contributed by atoms with Crippen molar-refractivity contribution in [1.82, 2.24) is 0 Å². The van der Waals surface area contributed by atoms with Crippen LogP contribution in [0.1, 0.15) is 76.9 Å². The van der Waals surface area contributed by atoms with Crippen molar-refractivity contribution in [2.45, 2.75) is 45.1 Å². The fraction of sp³-hybridized carbons (Fsp3) is 0.310. The third-order valence-corrected chi connectivity index (χ3v) is 7.95. The molecule has 1 unspecified atom stereocenters. The van der Waals surface area contributed by atoms with E-state index in [0.717, 1.165) is 45.8 Å². The summed E-state index contributed by atoms with van der Waals surface area (Å²) in [4.78, 5) is 26.1. The molecule has 3 aromatic rings. The van der Waals surface area contributed by atoms with E-state index in [1.807, 2.05) is 36.4 Å². The van der Waals surface area contributed by atoms with Gasteiger partial charge in [-0.3, -0.25) is 0 Å². The molecule has 0 aromatic heterocycles. The van der Waals surface area contributed by atoms with Crippen molar-refractivity contribution in [2.75, 3.05) is 6.61 Å². The minimum atomic E-state index is -1.17. The predicted molar refractivity (Wildman–Crippen MR) is 144 cm³/mol. The van der Waals surface area contributed by atoms with E-state index >= 15 is 0 Å². The van der Waals surface area contributed by atoms with Crippen LogP contribution < -0.4 is 4.74 Å². The highest BCUT2D eigenvalue weighted by atomic mass is 79.9. The highest BCUT2D eigenvalue weighted by Crippen LogP contribution is 2.56. The quantitative estimate of drug-likeness (QED) is 0.252. The third kappa shape index (κ3) is 4.26. The summed E-state index contributed by atoms with van der Waals surface area (Å²) in [7, 11) is 0. The second-order valence-electron chi connectivity index (χ2n) is 9.23. The van der Waals surface area contributed by atoms with E-state index in [0.29, 0.717) is 40.7 Å². The number of fused-ring (bicyclic) bond motifs is 6. The Morgan fingerprint density at radius 2 is 1.58 bits per heavy atom. The Morgan fingerprint density at radius 1 is 0.944 bits per heavy atom. The van der Waals surface area contributed by atoms with Gasteiger partial charge in [0.05, 0.1) is 17.7 Å². The van der Waals surface area contributed by atoms with E-state index in [1.165, 1.54) is 0 Å². The number of carbonyl (C=O) groups excluding carboxylic acids is 2. The zero-order valence-corrected chi connectivity index (χ0v) is 23.3. The molecule has 0 fully saturated rings. The van der Waals surface area contributed by atoms with Gasteiger partial charge in [0.2, 0.25) is 0 Å². The Kier molecular flexibility index (Phi) is 6.97. The summed E-state index contributed by atoms with van der Waals surface area (Å²) < 4.78 is 19.7. The van der Waals surface area contributed by atoms with E-state index in [9.17, 15) is 9.59 Å². The molecule has 0 amide bonds. The summed E-state index contributed by atoms with van der Waals surface area (Å²) in [6, 6.07) is 16.4. The van der Waals surface area contributed by atoms with Gasteiger partial charge in [0.25, 0.3) is 0 Å². The lowest BCUT2D eigenvalue weighted by Gasteiger charge is -2.36. The smallest absolute Gasteiger partial charge is 0.340 e. The lowest BCUT2D eigenvalue weighted by Crippen LogP contribution is -2.33. The number of ether oxygens (including phenoxy) is 3. The molecule has 1 spiro atoms. The minimum Gasteiger partial charge on any atom is -0.462 e. The Bertz CT molecular complexity index is 1300. The molecular weight excluding hydrogens is 588 g/mol. The van der Waals surface area contributed by atoms with Crippen LogP contribution >= 0.6 is 31.9 Å². The Morgan fingerprint density at radius 3 is 2.19 bits per heavy atom. The monoisotopic (exact) mass is 612 g/mol. The van der Waals surface area contributed by atoms with Gasteiger partial charge in [-0.15, -0.1) is 0 Å². The fourth-order valence-corrected chi connectivity index (χ4v) is 5.66. The van der Waals surface area contributed by atoms with Crippen molar-refractivity contribution < 1.29 is 23.8 Å². The van der Waals surface area contributed by atoms with E-state index in [2.05, 4.69) is 45.7 Å². The van der Waals surface area contributed by atoms with Crippen LogP contribution in [0.4, 0.5) is 0 Å². The van der Waals surface area contributed by atoms with Crippen LogP contribution in [0, 0.1) is 5.92 Å². The number of hydrogen-bond donors (Lipinski definition) is 0. The van der Waals surface area contributed by atoms with Crippen LogP contribution in [0.25, 0.3) is 0 Å². The molecule has 0 saturated carbocycles. The first kappa shape index (κ1) is 25.0. The molecule has 2 aliphatic rings. The molecule has 0 aliphatic carbocycles. The lowest BCUT2D eigenvalue weighted by atomic mass is 9.77. The highest BCUT2D eigenvalue weighted by Gasteiger charge is 2.53. The van der Waals surface area contributed by atoms with Gasteiger partial charge in [-0.2, -0.15) is 0 Å². The van der Waals surface area contributed by atoms with Crippen LogP contribution in [0.2, 0.25) is 0 Å². The summed E-state index contributed by atoms with van der Waals surface area (Å²) in [5, 5.41) is 0. The number of esters is 2. The van der Waals surface area contributed by atoms with Crippen molar-refractivity contribution >= 4 is 43.8 Å². The van der Waals surface area contributed by atoms with E-state index in [4.69, 9.17) is 14.2 Å². The normalized spacial score (nSPS) is 15.4. The molecule has 3 aromatic carbocycles. The number of unbranched alkanes of at least 4 members (excludes halogenated alkanes) is 1. The number of carbonyl (C=O) groups is 2. The molecule has 7 heteroatoms. The predicted octanol–water partition coefficient (Wildman–Crippen LogP) is 8.15. The second-order valence-corrected chi connectivity index (χ2v) is 11.1. The Balaban J connectivity index is 1.54. The molecule has 5 nitrogen and oxygen atoms in total. The van der Waals surface area contributed by atoms with Crippen molar-refractivity contribution in [3.8, 4) is 11.5 Å². The van der Waals surface area contributed by atoms with E-state index < -0.39 is 17.5 Å². The third-order valence-electron chi connectivity index (χ3n) is 6.96. The molecule has 2 heterocycles. The molecule has 0 N–H and O–H groups in total. The summed E-state index contributed by atoms with van der Waals surface area (Å²) in [5.74, 6) is 0.611. The first-order valence-corrected chi connectivity index (χ1v) is 13.8. The Labute approximate surface area is 227 Å². The Hall–Kier alpha value is -2.64. The molecule has 36 heavy (non-hydrogen) atoms. The average molecular weight is 614 g/mol. The van der Waals surface area contributed by atoms with Crippen molar-refractivity contribution in [3.63, 3.8) is 0 Å². The number of rotatable bonds is 7. The highest BCUT2D eigenvalue weighted by molar-refractivity contribution is 9.10. The molecule has 2 aliphatic heterocycles. The van der Waals surface area contributed by atoms with Crippen molar-refractivity contribution in [2.24, 2.45) is 5.92 Å². The lowest BCUT2D eigenvalue weighted by molar-refractivity contribution is 0.0224. The summed E-state index contributed by atoms with van der Waals surface area (Å²) >= 11 is 7.01. The van der Waals surface area contributed by atoms with Crippen molar-refractivity contribution in [3.05, 3.63) is 91.4 Å². The van der Waals surface area contributed by atoms with Gasteiger partial charge in [0.1, 0.15) is 11.5 Å². The van der Waals surface area contributed by atoms with Crippen LogP contribution in [0.15, 0.2) is 63.5 Å². The maximum atomic E-state index is 13.3. The van der Waals surface area contributed by atoms with Crippen molar-refractivity contribution in [1.29, 1.82) is 0 Å². The molecule has 0 radical (unpaired) electrons. The molecule has 186 valence electrons. The topological polar surface area (TPSA) is 61.8 Å². The largest absolute Gasteiger partial charge is 0.462 e. The maximum absolute atomic E-state index is 13.3. The van der Waals surface area contributed by atoms with E-state index in [1.54, 1.807) is 18.2 Å². The standard InChI is InChI=1S/C29H26Br2O5/c1-3-5-6-17(4-2)16-34-27(32)18-7-10-22-21(13-18)28(33)36-29(22)23-11-8-19(30)14-25(23)35-26-15-20(31)9-12-24(26)29/h7-15,17H,3-6,16H2,1-2H3. The zero-order chi connectivity index (χ0) is 25.4. The average Bonchev–Trinajstić information content (AvgIpc) is 3.15. The molecule has 0 saturated heterocycles. The number of hydrogen-bond acceptors (Lipinski definition) is 5. The van der Waals surface area contributed by atoms with Crippen LogP contribution in [0.5, 0.6) is 11.5 Å². The van der Waals surface area contributed by atoms with Crippen LogP contribution in [-0.2, 0) is 15.1 Å². The van der Waals surface area contributed by atoms with Gasteiger partial charge < -0.3 is 14.2 Å². The van der Waals surface area contributed by atoms with E-state index in [-0.39, 0.29) is 0 Å². The van der Waals surface area contributed by atoms with Crippen LogP contribution in [0.3, 0.4) is 0 Å². The second kappa shape index (κ2) is 10.0. The van der Waals surface area contributed by atoms with Gasteiger partial charge in [-0.25, -0.2) is 9.59 Å². The number of halogens is 2. The zero-order valence-electron chi connectivity index (χ0n) is 20.1. The van der Waals surface area contributed by atoms with Gasteiger partial charge in [0.15, 0.2) is 5.60 Å². The summed E-state index contributed by atoms with van der Waals surface area (Å²) in [6.45, 7) is 4.64. The minimum absolute atomic E-state index is 0.338. The number of benzene rings is 3. The van der Waals surface area contributed by atoms with Gasteiger partial charge in [-0.05, 0) is 60.9 Å². The maximum Gasteiger partial charge on any atom is 0.340 e. The molecule has 5 rings (SSSR count). The first-order chi connectivity index (χ1) is 17.4. The van der Waals surface area contributed by atoms with Crippen LogP contribution in [-0.4, -0.2) is 18.5 Å². The fourth-order valence-electron chi connectivity index (χ4n) is 4.98. The SMILES string of the molecule is CCCCC(CC)COC(=O)c1ccc2c(c1)C(=O)OC21c2ccc(Br)cc2Oc2cc(Br)ccc21. The van der Waals surface area contributed by atoms with Gasteiger partial charge in [-0.1, -0.05) is 71.0 Å². The van der Waals surface area contributed by atoms with Gasteiger partial charge >= 0.3 is 11.9 Å². The molecule has 1 atom stereocenters.